The molecule has 70 valence electrons. The molecule has 1 aliphatic heterocycles. The molecule has 2 nitrogen and oxygen atoms in total. The Balaban J connectivity index is 2.33. The zero-order chi connectivity index (χ0) is 9.26. The lowest BCUT2D eigenvalue weighted by atomic mass is 10.3. The molecule has 2 rings (SSSR count). The van der Waals surface area contributed by atoms with Gasteiger partial charge in [-0.2, -0.15) is 0 Å². The van der Waals surface area contributed by atoms with Crippen LogP contribution in [0, 0.1) is 0 Å². The summed E-state index contributed by atoms with van der Waals surface area (Å²) in [5.41, 5.74) is 1.04. The molecule has 2 N–H and O–H groups in total. The van der Waals surface area contributed by atoms with Gasteiger partial charge in [-0.3, -0.25) is 0 Å². The van der Waals surface area contributed by atoms with Crippen molar-refractivity contribution < 1.29 is 5.32 Å². The van der Waals surface area contributed by atoms with Crippen molar-refractivity contribution in [3.63, 3.8) is 0 Å². The van der Waals surface area contributed by atoms with E-state index >= 15 is 0 Å². The van der Waals surface area contributed by atoms with Crippen LogP contribution in [-0.2, 0) is 0 Å². The quantitative estimate of drug-likeness (QED) is 0.753. The van der Waals surface area contributed by atoms with E-state index in [1.54, 1.807) is 0 Å². The lowest BCUT2D eigenvalue weighted by molar-refractivity contribution is -0.634. The second-order valence-electron chi connectivity index (χ2n) is 3.10. The van der Waals surface area contributed by atoms with E-state index in [9.17, 15) is 0 Å². The number of benzene rings is 1. The van der Waals surface area contributed by atoms with Crippen molar-refractivity contribution in [3.05, 3.63) is 28.2 Å². The van der Waals surface area contributed by atoms with Gasteiger partial charge in [0.05, 0.1) is 28.8 Å². The second-order valence-corrected chi connectivity index (χ2v) is 3.88. The Labute approximate surface area is 87.4 Å². The molecule has 0 bridgehead atoms. The third-order valence-electron chi connectivity index (χ3n) is 2.22. The molecule has 0 spiro atoms. The van der Waals surface area contributed by atoms with Crippen LogP contribution in [0.4, 0.5) is 5.69 Å². The Morgan fingerprint density at radius 2 is 2.15 bits per heavy atom. The predicted molar refractivity (Wildman–Crippen MR) is 55.5 cm³/mol. The molecule has 4 heteroatoms. The van der Waals surface area contributed by atoms with Crippen molar-refractivity contribution in [2.24, 2.45) is 0 Å². The molecule has 1 aromatic carbocycles. The van der Waals surface area contributed by atoms with Crippen molar-refractivity contribution in [3.8, 4) is 0 Å². The minimum atomic E-state index is 0.631. The third kappa shape index (κ3) is 1.75. The molecule has 0 atom stereocenters. The van der Waals surface area contributed by atoms with E-state index in [-0.39, 0.29) is 0 Å². The summed E-state index contributed by atoms with van der Waals surface area (Å²) in [5, 5.41) is 3.54. The Morgan fingerprint density at radius 1 is 1.31 bits per heavy atom. The van der Waals surface area contributed by atoms with Crippen LogP contribution in [0.5, 0.6) is 0 Å². The fourth-order valence-electron chi connectivity index (χ4n) is 1.54. The van der Waals surface area contributed by atoms with E-state index in [0.717, 1.165) is 25.4 Å². The molecule has 1 aliphatic rings. The minimum absolute atomic E-state index is 0.631. The van der Waals surface area contributed by atoms with Crippen LogP contribution in [-0.4, -0.2) is 19.8 Å². The maximum atomic E-state index is 6.09. The molecule has 0 amide bonds. The number of quaternary nitrogens is 1. The third-order valence-corrected chi connectivity index (χ3v) is 3.03. The van der Waals surface area contributed by atoms with E-state index < -0.39 is 0 Å². The minimum Gasteiger partial charge on any atom is -0.328 e. The van der Waals surface area contributed by atoms with Crippen LogP contribution >= 0.6 is 23.2 Å². The molecule has 1 heterocycles. The first-order valence-electron chi connectivity index (χ1n) is 4.29. The summed E-state index contributed by atoms with van der Waals surface area (Å²) < 4.78 is 0. The van der Waals surface area contributed by atoms with Gasteiger partial charge < -0.3 is 10.2 Å². The van der Waals surface area contributed by atoms with Gasteiger partial charge in [-0.25, -0.2) is 0 Å². The van der Waals surface area contributed by atoms with Crippen molar-refractivity contribution in [1.82, 2.24) is 0 Å². The van der Waals surface area contributed by atoms with Crippen molar-refractivity contribution >= 4 is 28.9 Å². The van der Waals surface area contributed by atoms with E-state index in [0.29, 0.717) is 10.0 Å². The predicted octanol–water partition coefficient (Wildman–Crippen LogP) is 1.33. The number of hydrogen-bond acceptors (Lipinski definition) is 1. The molecule has 0 unspecified atom stereocenters. The van der Waals surface area contributed by atoms with Crippen molar-refractivity contribution in [2.45, 2.75) is 0 Å². The standard InChI is InChI=1S/C9H10Cl2N2/c10-7-2-1-3-8(9(7)11)13-5-4-12-6-13/h1-3,12H,4-6H2/p+1. The maximum Gasteiger partial charge on any atom is 0.151 e. The maximum absolute atomic E-state index is 6.09. The van der Waals surface area contributed by atoms with Gasteiger partial charge in [-0.15, -0.1) is 0 Å². The molecular weight excluding hydrogens is 207 g/mol. The topological polar surface area (TPSA) is 19.9 Å². The average Bonchev–Trinajstić information content (AvgIpc) is 2.62. The smallest absolute Gasteiger partial charge is 0.151 e. The average molecular weight is 218 g/mol. The Morgan fingerprint density at radius 3 is 2.85 bits per heavy atom. The van der Waals surface area contributed by atoms with Crippen molar-refractivity contribution in [2.75, 3.05) is 24.7 Å². The van der Waals surface area contributed by atoms with Crippen LogP contribution in [0.25, 0.3) is 0 Å². The zero-order valence-electron chi connectivity index (χ0n) is 7.13. The van der Waals surface area contributed by atoms with E-state index in [4.69, 9.17) is 23.2 Å². The summed E-state index contributed by atoms with van der Waals surface area (Å²) in [4.78, 5) is 2.23. The Kier molecular flexibility index (Phi) is 2.63. The monoisotopic (exact) mass is 217 g/mol. The summed E-state index contributed by atoms with van der Waals surface area (Å²) >= 11 is 12.0. The van der Waals surface area contributed by atoms with E-state index in [1.807, 2.05) is 18.2 Å². The van der Waals surface area contributed by atoms with Crippen LogP contribution in [0.2, 0.25) is 10.0 Å². The van der Waals surface area contributed by atoms with Gasteiger partial charge in [-0.1, -0.05) is 29.3 Å². The normalized spacial score (nSPS) is 16.6. The molecule has 0 aromatic heterocycles. The molecule has 0 saturated carbocycles. The highest BCUT2D eigenvalue weighted by atomic mass is 35.5. The first-order valence-corrected chi connectivity index (χ1v) is 5.05. The molecule has 1 saturated heterocycles. The van der Waals surface area contributed by atoms with Gasteiger partial charge in [0, 0.05) is 0 Å². The summed E-state index contributed by atoms with van der Waals surface area (Å²) in [5.74, 6) is 0. The zero-order valence-corrected chi connectivity index (χ0v) is 8.65. The number of nitrogens with zero attached hydrogens (tertiary/aromatic N) is 1. The van der Waals surface area contributed by atoms with Gasteiger partial charge in [0.1, 0.15) is 0 Å². The van der Waals surface area contributed by atoms with Gasteiger partial charge in [-0.05, 0) is 12.1 Å². The SMILES string of the molecule is Clc1cccc(N2CC[NH2+]C2)c1Cl. The van der Waals surface area contributed by atoms with Crippen LogP contribution in [0.3, 0.4) is 0 Å². The largest absolute Gasteiger partial charge is 0.328 e. The fourth-order valence-corrected chi connectivity index (χ4v) is 1.96. The summed E-state index contributed by atoms with van der Waals surface area (Å²) in [7, 11) is 0. The highest BCUT2D eigenvalue weighted by Gasteiger charge is 2.17. The molecule has 1 aromatic rings. The number of halogens is 2. The molecule has 13 heavy (non-hydrogen) atoms. The van der Waals surface area contributed by atoms with Crippen LogP contribution in [0.15, 0.2) is 18.2 Å². The first kappa shape index (κ1) is 9.13. The highest BCUT2D eigenvalue weighted by molar-refractivity contribution is 6.43. The Bertz CT molecular complexity index is 308. The highest BCUT2D eigenvalue weighted by Crippen LogP contribution is 2.31. The Hall–Kier alpha value is -0.440. The summed E-state index contributed by atoms with van der Waals surface area (Å²) in [6.07, 6.45) is 0. The summed E-state index contributed by atoms with van der Waals surface area (Å²) in [6.45, 7) is 3.14. The van der Waals surface area contributed by atoms with Gasteiger partial charge in [0.15, 0.2) is 6.67 Å². The van der Waals surface area contributed by atoms with Gasteiger partial charge in [0.25, 0.3) is 0 Å². The van der Waals surface area contributed by atoms with Gasteiger partial charge in [0.2, 0.25) is 0 Å². The van der Waals surface area contributed by atoms with E-state index in [2.05, 4.69) is 10.2 Å². The first-order chi connectivity index (χ1) is 6.29. The number of hydrogen-bond donors (Lipinski definition) is 1. The lowest BCUT2D eigenvalue weighted by Gasteiger charge is -2.15. The molecular formula is C9H11Cl2N2+. The fraction of sp³-hybridized carbons (Fsp3) is 0.333. The number of rotatable bonds is 1. The van der Waals surface area contributed by atoms with Crippen LogP contribution < -0.4 is 10.2 Å². The van der Waals surface area contributed by atoms with Crippen molar-refractivity contribution in [1.29, 1.82) is 0 Å². The summed E-state index contributed by atoms with van der Waals surface area (Å²) in [6, 6.07) is 5.75. The lowest BCUT2D eigenvalue weighted by Crippen LogP contribution is -2.82. The molecule has 1 fully saturated rings. The molecule has 0 radical (unpaired) electrons. The number of nitrogens with two attached hydrogens (primary N) is 1. The second kappa shape index (κ2) is 3.74. The van der Waals surface area contributed by atoms with Gasteiger partial charge >= 0.3 is 0 Å². The number of anilines is 1. The molecule has 0 aliphatic carbocycles. The van der Waals surface area contributed by atoms with E-state index in [1.165, 1.54) is 0 Å². The van der Waals surface area contributed by atoms with Crippen LogP contribution in [0.1, 0.15) is 0 Å².